The molecule has 0 aliphatic heterocycles. The highest BCUT2D eigenvalue weighted by Crippen LogP contribution is 2.17. The molecule has 1 aromatic heterocycles. The van der Waals surface area contributed by atoms with Gasteiger partial charge in [-0.3, -0.25) is 9.36 Å². The molecule has 0 radical (unpaired) electrons. The van der Waals surface area contributed by atoms with Crippen molar-refractivity contribution in [1.29, 1.82) is 0 Å². The van der Waals surface area contributed by atoms with Crippen LogP contribution in [0.2, 0.25) is 0 Å². The highest BCUT2D eigenvalue weighted by atomic mass is 32.2. The zero-order chi connectivity index (χ0) is 18.1. The third kappa shape index (κ3) is 6.62. The molecule has 2 rings (SSSR count). The van der Waals surface area contributed by atoms with E-state index < -0.39 is 0 Å². The van der Waals surface area contributed by atoms with Crippen molar-refractivity contribution in [2.24, 2.45) is 0 Å². The first-order chi connectivity index (χ1) is 12.1. The van der Waals surface area contributed by atoms with E-state index in [1.54, 1.807) is 16.3 Å². The summed E-state index contributed by atoms with van der Waals surface area (Å²) < 4.78 is 1.59. The normalized spacial score (nSPS) is 10.8. The minimum atomic E-state index is -0.217. The Morgan fingerprint density at radius 2 is 2.04 bits per heavy atom. The second-order valence-corrected chi connectivity index (χ2v) is 7.73. The molecule has 0 atom stereocenters. The molecule has 1 heterocycles. The van der Waals surface area contributed by atoms with E-state index in [-0.39, 0.29) is 17.3 Å². The van der Waals surface area contributed by atoms with Crippen molar-refractivity contribution in [3.63, 3.8) is 0 Å². The highest BCUT2D eigenvalue weighted by molar-refractivity contribution is 7.99. The molecule has 2 aromatic rings. The number of rotatable bonds is 10. The lowest BCUT2D eigenvalue weighted by Crippen LogP contribution is -2.27. The first-order valence-electron chi connectivity index (χ1n) is 8.34. The van der Waals surface area contributed by atoms with Gasteiger partial charge >= 0.3 is 5.69 Å². The fraction of sp³-hybridized carbons (Fsp3) is 0.471. The zero-order valence-electron chi connectivity index (χ0n) is 14.6. The van der Waals surface area contributed by atoms with Crippen LogP contribution in [0.4, 0.5) is 0 Å². The minimum Gasteiger partial charge on any atom is -0.355 e. The van der Waals surface area contributed by atoms with E-state index in [0.29, 0.717) is 18.2 Å². The Kier molecular flexibility index (Phi) is 8.14. The Bertz CT molecular complexity index is 725. The third-order valence-electron chi connectivity index (χ3n) is 3.50. The van der Waals surface area contributed by atoms with E-state index in [1.807, 2.05) is 0 Å². The number of benzene rings is 1. The predicted octanol–water partition coefficient (Wildman–Crippen LogP) is 2.68. The van der Waals surface area contributed by atoms with Crippen LogP contribution in [0.15, 0.2) is 39.1 Å². The lowest BCUT2D eigenvalue weighted by molar-refractivity contribution is -0.118. The van der Waals surface area contributed by atoms with Gasteiger partial charge in [-0.1, -0.05) is 42.8 Å². The largest absolute Gasteiger partial charge is 0.355 e. The number of hydrogen-bond acceptors (Lipinski definition) is 5. The molecule has 0 aliphatic rings. The molecule has 0 fully saturated rings. The van der Waals surface area contributed by atoms with E-state index in [9.17, 15) is 9.59 Å². The summed E-state index contributed by atoms with van der Waals surface area (Å²) in [6, 6.07) is 8.34. The molecule has 136 valence electrons. The maximum atomic E-state index is 11.9. The van der Waals surface area contributed by atoms with Crippen LogP contribution in [0.25, 0.3) is 0 Å². The molecular weight excluding hydrogens is 356 g/mol. The maximum Gasteiger partial charge on any atom is 0.343 e. The molecule has 0 aliphatic carbocycles. The Morgan fingerprint density at radius 1 is 1.28 bits per heavy atom. The number of aryl methyl sites for hydroxylation is 1. The van der Waals surface area contributed by atoms with E-state index in [4.69, 9.17) is 0 Å². The van der Waals surface area contributed by atoms with Crippen molar-refractivity contribution in [1.82, 2.24) is 20.1 Å². The minimum absolute atomic E-state index is 0.0491. The lowest BCUT2D eigenvalue weighted by Gasteiger charge is -2.06. The molecule has 25 heavy (non-hydrogen) atoms. The van der Waals surface area contributed by atoms with Crippen LogP contribution >= 0.6 is 23.5 Å². The topological polar surface area (TPSA) is 79.8 Å². The molecule has 0 unspecified atom stereocenters. The molecule has 0 saturated heterocycles. The number of aromatic nitrogens is 3. The van der Waals surface area contributed by atoms with E-state index in [0.717, 1.165) is 18.6 Å². The van der Waals surface area contributed by atoms with Gasteiger partial charge < -0.3 is 5.32 Å². The highest BCUT2D eigenvalue weighted by Gasteiger charge is 2.10. The van der Waals surface area contributed by atoms with Gasteiger partial charge in [-0.2, -0.15) is 0 Å². The van der Waals surface area contributed by atoms with Crippen molar-refractivity contribution >= 4 is 29.4 Å². The van der Waals surface area contributed by atoms with Gasteiger partial charge in [0.05, 0.1) is 5.75 Å². The van der Waals surface area contributed by atoms with Crippen molar-refractivity contribution in [2.45, 2.75) is 43.3 Å². The number of carbonyl (C=O) groups excluding carboxylic acids is 1. The van der Waals surface area contributed by atoms with Crippen LogP contribution in [0, 0.1) is 6.92 Å². The number of amides is 1. The first-order valence-corrected chi connectivity index (χ1v) is 10.3. The van der Waals surface area contributed by atoms with Gasteiger partial charge in [-0.15, -0.1) is 16.9 Å². The van der Waals surface area contributed by atoms with Crippen LogP contribution in [0.1, 0.15) is 25.3 Å². The lowest BCUT2D eigenvalue weighted by atomic mass is 10.2. The predicted molar refractivity (Wildman–Crippen MR) is 103 cm³/mol. The second-order valence-electron chi connectivity index (χ2n) is 5.62. The van der Waals surface area contributed by atoms with Crippen LogP contribution in [0.3, 0.4) is 0 Å². The summed E-state index contributed by atoms with van der Waals surface area (Å²) in [6.45, 7) is 5.37. The monoisotopic (exact) mass is 380 g/mol. The van der Waals surface area contributed by atoms with E-state index >= 15 is 0 Å². The number of aromatic amines is 1. The number of nitrogens with one attached hydrogen (secondary N) is 2. The average Bonchev–Trinajstić information content (AvgIpc) is 2.96. The van der Waals surface area contributed by atoms with Gasteiger partial charge in [-0.25, -0.2) is 9.89 Å². The fourth-order valence-corrected chi connectivity index (χ4v) is 3.67. The van der Waals surface area contributed by atoms with Gasteiger partial charge in [-0.05, 0) is 25.5 Å². The maximum absolute atomic E-state index is 11.9. The Morgan fingerprint density at radius 3 is 2.76 bits per heavy atom. The van der Waals surface area contributed by atoms with Crippen LogP contribution in [-0.4, -0.2) is 38.7 Å². The van der Waals surface area contributed by atoms with Gasteiger partial charge in [0.25, 0.3) is 0 Å². The van der Waals surface area contributed by atoms with E-state index in [1.165, 1.54) is 22.2 Å². The molecule has 1 aromatic carbocycles. The third-order valence-corrected chi connectivity index (χ3v) is 5.49. The summed E-state index contributed by atoms with van der Waals surface area (Å²) in [5.74, 6) is 1.03. The molecule has 2 N–H and O–H groups in total. The van der Waals surface area contributed by atoms with Crippen LogP contribution < -0.4 is 11.0 Å². The molecule has 8 heteroatoms. The Hall–Kier alpha value is -1.67. The Balaban J connectivity index is 1.69. The summed E-state index contributed by atoms with van der Waals surface area (Å²) >= 11 is 3.00. The summed E-state index contributed by atoms with van der Waals surface area (Å²) in [7, 11) is 0. The van der Waals surface area contributed by atoms with Gasteiger partial charge in [0.15, 0.2) is 5.16 Å². The van der Waals surface area contributed by atoms with Gasteiger partial charge in [0.1, 0.15) is 0 Å². The number of thioether (sulfide) groups is 2. The first kappa shape index (κ1) is 19.7. The van der Waals surface area contributed by atoms with Crippen LogP contribution in [0.5, 0.6) is 0 Å². The van der Waals surface area contributed by atoms with Gasteiger partial charge in [0.2, 0.25) is 5.91 Å². The average molecular weight is 381 g/mol. The summed E-state index contributed by atoms with van der Waals surface area (Å²) in [4.78, 5) is 24.8. The zero-order valence-corrected chi connectivity index (χ0v) is 16.2. The smallest absolute Gasteiger partial charge is 0.343 e. The summed E-state index contributed by atoms with van der Waals surface area (Å²) in [6.07, 6.45) is 1.91. The number of unbranched alkanes of at least 4 members (excludes halogenated alkanes) is 1. The number of hydrogen-bond donors (Lipinski definition) is 2. The van der Waals surface area contributed by atoms with E-state index in [2.05, 4.69) is 53.6 Å². The van der Waals surface area contributed by atoms with Gasteiger partial charge in [0, 0.05) is 23.7 Å². The molecule has 1 amide bonds. The van der Waals surface area contributed by atoms with Crippen molar-refractivity contribution in [2.75, 3.05) is 18.1 Å². The van der Waals surface area contributed by atoms with Crippen LogP contribution in [-0.2, 0) is 11.3 Å². The van der Waals surface area contributed by atoms with Crippen molar-refractivity contribution < 1.29 is 4.79 Å². The molecule has 6 nitrogen and oxygen atoms in total. The number of H-pyrrole nitrogens is 1. The standard InChI is InChI=1S/C17H24N4O2S2/c1-3-4-10-21-16(23)19-20-17(21)25-12-15(22)18-9-11-24-14-7-5-13(2)6-8-14/h5-8H,3-4,9-12H2,1-2H3,(H,18,22)(H,19,23). The van der Waals surface area contributed by atoms with Crippen molar-refractivity contribution in [3.05, 3.63) is 40.3 Å². The molecular formula is C17H24N4O2S2. The second kappa shape index (κ2) is 10.4. The molecule has 0 bridgehead atoms. The quantitative estimate of drug-likeness (QED) is 0.489. The summed E-state index contributed by atoms with van der Waals surface area (Å²) in [5, 5.41) is 9.90. The Labute approximate surface area is 156 Å². The van der Waals surface area contributed by atoms with Crippen molar-refractivity contribution in [3.8, 4) is 0 Å². The SMILES string of the molecule is CCCCn1c(SCC(=O)NCCSc2ccc(C)cc2)n[nH]c1=O. The molecule has 0 spiro atoms. The number of carbonyl (C=O) groups is 1. The molecule has 0 saturated carbocycles. The number of nitrogens with zero attached hydrogens (tertiary/aromatic N) is 2. The summed E-state index contributed by atoms with van der Waals surface area (Å²) in [5.41, 5.74) is 1.02. The fourth-order valence-electron chi connectivity index (χ4n) is 2.10.